The molecule has 2 aromatic rings. The molecule has 0 saturated heterocycles. The van der Waals surface area contributed by atoms with E-state index in [4.69, 9.17) is 0 Å². The third kappa shape index (κ3) is 3.92. The second-order valence-corrected chi connectivity index (χ2v) is 5.37. The Morgan fingerprint density at radius 1 is 1.37 bits per heavy atom. The number of nitrogens with zero attached hydrogens (tertiary/aromatic N) is 2. The Morgan fingerprint density at radius 2 is 2.05 bits per heavy atom. The molecule has 3 nitrogen and oxygen atoms in total. The van der Waals surface area contributed by atoms with Gasteiger partial charge in [-0.05, 0) is 30.7 Å². The summed E-state index contributed by atoms with van der Waals surface area (Å²) in [6.07, 6.45) is 0.337. The summed E-state index contributed by atoms with van der Waals surface area (Å²) in [4.78, 5) is 11.8. The number of hydrogen-bond acceptors (Lipinski definition) is 3. The van der Waals surface area contributed by atoms with Gasteiger partial charge in [0.1, 0.15) is 11.6 Å². The number of halogens is 1. The van der Waals surface area contributed by atoms with Crippen molar-refractivity contribution in [1.82, 2.24) is 9.78 Å². The fourth-order valence-electron chi connectivity index (χ4n) is 1.76. The lowest BCUT2D eigenvalue weighted by atomic mass is 10.1. The van der Waals surface area contributed by atoms with Gasteiger partial charge in [0, 0.05) is 13.5 Å². The number of benzene rings is 1. The van der Waals surface area contributed by atoms with Gasteiger partial charge in [0.25, 0.3) is 0 Å². The van der Waals surface area contributed by atoms with Crippen molar-refractivity contribution in [3.63, 3.8) is 0 Å². The normalized spacial score (nSPS) is 10.7. The molecule has 0 aliphatic heterocycles. The van der Waals surface area contributed by atoms with E-state index in [2.05, 4.69) is 5.10 Å². The predicted molar refractivity (Wildman–Crippen MR) is 73.8 cm³/mol. The topological polar surface area (TPSA) is 34.9 Å². The molecule has 0 spiro atoms. The lowest BCUT2D eigenvalue weighted by Gasteiger charge is -2.02. The molecular formula is C14H15FN2OS. The van der Waals surface area contributed by atoms with Crippen molar-refractivity contribution < 1.29 is 9.18 Å². The molecule has 19 heavy (non-hydrogen) atoms. The molecule has 0 amide bonds. The van der Waals surface area contributed by atoms with Crippen LogP contribution in [-0.2, 0) is 18.3 Å². The number of carbonyl (C=O) groups excluding carboxylic acids is 1. The van der Waals surface area contributed by atoms with Crippen LogP contribution in [0.3, 0.4) is 0 Å². The van der Waals surface area contributed by atoms with E-state index in [0.717, 1.165) is 16.3 Å². The Balaban J connectivity index is 1.88. The minimum Gasteiger partial charge on any atom is -0.298 e. The van der Waals surface area contributed by atoms with Gasteiger partial charge in [0.05, 0.1) is 16.5 Å². The molecular weight excluding hydrogens is 263 g/mol. The molecule has 1 heterocycles. The maximum atomic E-state index is 12.7. The summed E-state index contributed by atoms with van der Waals surface area (Å²) in [5.41, 5.74) is 1.78. The van der Waals surface area contributed by atoms with E-state index in [-0.39, 0.29) is 11.6 Å². The Morgan fingerprint density at radius 3 is 2.63 bits per heavy atom. The van der Waals surface area contributed by atoms with Crippen LogP contribution < -0.4 is 0 Å². The van der Waals surface area contributed by atoms with Crippen LogP contribution in [0.4, 0.5) is 4.39 Å². The molecule has 0 atom stereocenters. The fraction of sp³-hybridized carbons (Fsp3) is 0.286. The molecule has 2 rings (SSSR count). The van der Waals surface area contributed by atoms with Crippen molar-refractivity contribution in [2.45, 2.75) is 18.4 Å². The third-order valence-corrected chi connectivity index (χ3v) is 3.80. The van der Waals surface area contributed by atoms with Gasteiger partial charge in [0.15, 0.2) is 0 Å². The molecule has 0 N–H and O–H groups in total. The average molecular weight is 278 g/mol. The number of carbonyl (C=O) groups is 1. The van der Waals surface area contributed by atoms with Crippen molar-refractivity contribution in [3.8, 4) is 0 Å². The van der Waals surface area contributed by atoms with E-state index in [1.165, 1.54) is 23.9 Å². The Hall–Kier alpha value is -1.62. The summed E-state index contributed by atoms with van der Waals surface area (Å²) >= 11 is 1.48. The number of rotatable bonds is 5. The first-order valence-corrected chi connectivity index (χ1v) is 6.93. The number of Topliss-reactive ketones (excluding diaryl/α,β-unsaturated/α-hetero) is 1. The molecule has 0 saturated carbocycles. The van der Waals surface area contributed by atoms with Gasteiger partial charge < -0.3 is 0 Å². The van der Waals surface area contributed by atoms with Gasteiger partial charge in [0.2, 0.25) is 0 Å². The van der Waals surface area contributed by atoms with Crippen molar-refractivity contribution in [2.75, 3.05) is 5.75 Å². The molecule has 0 fully saturated rings. The zero-order valence-electron chi connectivity index (χ0n) is 10.9. The Bertz CT molecular complexity index is 578. The van der Waals surface area contributed by atoms with Gasteiger partial charge >= 0.3 is 0 Å². The number of thioether (sulfide) groups is 1. The van der Waals surface area contributed by atoms with Crippen molar-refractivity contribution in [3.05, 3.63) is 47.4 Å². The van der Waals surface area contributed by atoms with Crippen LogP contribution in [0.1, 0.15) is 11.3 Å². The monoisotopic (exact) mass is 278 g/mol. The maximum absolute atomic E-state index is 12.7. The summed E-state index contributed by atoms with van der Waals surface area (Å²) in [5.74, 6) is 0.238. The molecule has 0 unspecified atom stereocenters. The molecule has 0 aliphatic carbocycles. The van der Waals surface area contributed by atoms with Crippen molar-refractivity contribution >= 4 is 17.5 Å². The summed E-state index contributed by atoms with van der Waals surface area (Å²) in [7, 11) is 1.86. The van der Waals surface area contributed by atoms with Crippen LogP contribution in [0.2, 0.25) is 0 Å². The zero-order valence-corrected chi connectivity index (χ0v) is 11.7. The molecule has 100 valence electrons. The Labute approximate surface area is 115 Å². The lowest BCUT2D eigenvalue weighted by Crippen LogP contribution is -2.06. The first-order chi connectivity index (χ1) is 9.04. The molecule has 0 bridgehead atoms. The number of ketones is 1. The first kappa shape index (κ1) is 13.8. The Kier molecular flexibility index (Phi) is 4.37. The fourth-order valence-corrected chi connectivity index (χ4v) is 2.65. The summed E-state index contributed by atoms with van der Waals surface area (Å²) < 4.78 is 14.5. The minimum absolute atomic E-state index is 0.121. The summed E-state index contributed by atoms with van der Waals surface area (Å²) in [5, 5.41) is 5.20. The van der Waals surface area contributed by atoms with E-state index in [1.807, 2.05) is 20.0 Å². The SMILES string of the molecule is Cc1cc(SCC(=O)Cc2ccc(F)cc2)n(C)n1. The van der Waals surface area contributed by atoms with Crippen LogP contribution in [-0.4, -0.2) is 21.3 Å². The highest BCUT2D eigenvalue weighted by Gasteiger charge is 2.08. The zero-order chi connectivity index (χ0) is 13.8. The maximum Gasteiger partial charge on any atom is 0.147 e. The standard InChI is InChI=1S/C14H15FN2OS/c1-10-7-14(17(2)16-10)19-9-13(18)8-11-3-5-12(15)6-4-11/h3-7H,8-9H2,1-2H3. The lowest BCUT2D eigenvalue weighted by molar-refractivity contribution is -0.116. The van der Waals surface area contributed by atoms with E-state index in [1.54, 1.807) is 16.8 Å². The van der Waals surface area contributed by atoms with Crippen LogP contribution in [0.15, 0.2) is 35.4 Å². The average Bonchev–Trinajstić information content (AvgIpc) is 2.68. The second kappa shape index (κ2) is 6.02. The quantitative estimate of drug-likeness (QED) is 0.789. The highest BCUT2D eigenvalue weighted by molar-refractivity contribution is 7.99. The van der Waals surface area contributed by atoms with Gasteiger partial charge in [-0.1, -0.05) is 23.9 Å². The summed E-state index contributed by atoms with van der Waals surface area (Å²) in [6, 6.07) is 7.99. The highest BCUT2D eigenvalue weighted by Crippen LogP contribution is 2.18. The van der Waals surface area contributed by atoms with Crippen LogP contribution in [0.5, 0.6) is 0 Å². The molecule has 0 aliphatic rings. The minimum atomic E-state index is -0.282. The number of aryl methyl sites for hydroxylation is 2. The van der Waals surface area contributed by atoms with E-state index >= 15 is 0 Å². The van der Waals surface area contributed by atoms with Gasteiger partial charge in [-0.3, -0.25) is 9.48 Å². The first-order valence-electron chi connectivity index (χ1n) is 5.94. The van der Waals surface area contributed by atoms with Gasteiger partial charge in [-0.15, -0.1) is 0 Å². The smallest absolute Gasteiger partial charge is 0.147 e. The van der Waals surface area contributed by atoms with Gasteiger partial charge in [-0.25, -0.2) is 4.39 Å². The van der Waals surface area contributed by atoms with Crippen molar-refractivity contribution in [2.24, 2.45) is 7.05 Å². The molecule has 1 aromatic heterocycles. The molecule has 1 aromatic carbocycles. The second-order valence-electron chi connectivity index (χ2n) is 4.38. The van der Waals surface area contributed by atoms with Crippen LogP contribution in [0, 0.1) is 12.7 Å². The van der Waals surface area contributed by atoms with Gasteiger partial charge in [-0.2, -0.15) is 5.10 Å². The number of aromatic nitrogens is 2. The van der Waals surface area contributed by atoms with E-state index in [9.17, 15) is 9.18 Å². The van der Waals surface area contributed by atoms with Crippen LogP contribution >= 0.6 is 11.8 Å². The van der Waals surface area contributed by atoms with E-state index < -0.39 is 0 Å². The number of hydrogen-bond donors (Lipinski definition) is 0. The van der Waals surface area contributed by atoms with E-state index in [0.29, 0.717) is 12.2 Å². The highest BCUT2D eigenvalue weighted by atomic mass is 32.2. The summed E-state index contributed by atoms with van der Waals surface area (Å²) in [6.45, 7) is 1.92. The molecule has 5 heteroatoms. The van der Waals surface area contributed by atoms with Crippen molar-refractivity contribution in [1.29, 1.82) is 0 Å². The largest absolute Gasteiger partial charge is 0.298 e. The molecule has 0 radical (unpaired) electrons. The predicted octanol–water partition coefficient (Wildman–Crippen LogP) is 2.77. The van der Waals surface area contributed by atoms with Crippen LogP contribution in [0.25, 0.3) is 0 Å². The third-order valence-electron chi connectivity index (χ3n) is 2.65.